The second kappa shape index (κ2) is 14.7. The Morgan fingerprint density at radius 3 is 2.31 bits per heavy atom. The monoisotopic (exact) mass is 708 g/mol. The van der Waals surface area contributed by atoms with Crippen molar-refractivity contribution in [3.63, 3.8) is 0 Å². The summed E-state index contributed by atoms with van der Waals surface area (Å²) in [5, 5.41) is 11.0. The average molecular weight is 709 g/mol. The molecule has 1 saturated carbocycles. The zero-order valence-electron chi connectivity index (χ0n) is 25.9. The molecule has 1 saturated heterocycles. The molecule has 0 radical (unpaired) electrons. The highest BCUT2D eigenvalue weighted by atomic mass is 31.2. The van der Waals surface area contributed by atoms with Crippen LogP contribution in [0.25, 0.3) is 10.9 Å². The molecule has 258 valence electrons. The minimum Gasteiger partial charge on any atom is -0.492 e. The number of piperazine rings is 1. The highest BCUT2D eigenvalue weighted by Gasteiger charge is 2.35. The second-order valence-corrected chi connectivity index (χ2v) is 14.5. The number of carboxylic acids is 1. The van der Waals surface area contributed by atoms with E-state index in [2.05, 4.69) is 5.32 Å². The fourth-order valence-electron chi connectivity index (χ4n) is 5.75. The summed E-state index contributed by atoms with van der Waals surface area (Å²) in [5.41, 5.74) is 0.101. The Kier molecular flexibility index (Phi) is 10.8. The molecule has 2 heterocycles. The van der Waals surface area contributed by atoms with Crippen molar-refractivity contribution in [1.29, 1.82) is 0 Å². The lowest BCUT2D eigenvalue weighted by atomic mass is 10.1. The number of benzene rings is 2. The molecule has 2 aromatic carbocycles. The van der Waals surface area contributed by atoms with E-state index in [9.17, 15) is 43.9 Å². The van der Waals surface area contributed by atoms with Crippen LogP contribution >= 0.6 is 16.8 Å². The van der Waals surface area contributed by atoms with Crippen LogP contribution in [0, 0.1) is 5.82 Å². The number of aromatic carboxylic acids is 1. The van der Waals surface area contributed by atoms with Crippen molar-refractivity contribution in [3.8, 4) is 5.75 Å². The first-order valence-electron chi connectivity index (χ1n) is 14.9. The first-order valence-corrected chi connectivity index (χ1v) is 17.5. The van der Waals surface area contributed by atoms with Crippen LogP contribution in [0.5, 0.6) is 5.75 Å². The number of carboxylic acid groups (broad SMARTS) is 1. The molecule has 1 aromatic heterocycles. The summed E-state index contributed by atoms with van der Waals surface area (Å²) in [6.07, 6.45) is 2.09. The van der Waals surface area contributed by atoms with Gasteiger partial charge in [-0.25, -0.2) is 14.0 Å². The maximum Gasteiger partial charge on any atom is 0.410 e. The standard InChI is InChI=1S/C30H35FN4O11P2/c1-16-13-33(26-22(31)12-20-25(28(26)45-2)35(19-7-8-19)14-21(27(20)37)29(38)39)9-10-34(16)30(40)46-15-23(36)32-18-5-3-17(4-6-18)11-24(47(41)42)48(43)44/h3-6,12,14,16,19,24,41-44H,7-11,13,15H2,1-2H3,(H,32,36)(H,38,39). The quantitative estimate of drug-likeness (QED) is 0.159. The molecule has 0 bridgehead atoms. The lowest BCUT2D eigenvalue weighted by Gasteiger charge is -2.40. The molecule has 1 aliphatic carbocycles. The number of ether oxygens (including phenoxy) is 2. The van der Waals surface area contributed by atoms with Gasteiger partial charge in [-0.15, -0.1) is 0 Å². The average Bonchev–Trinajstić information content (AvgIpc) is 3.88. The fraction of sp³-hybridized carbons (Fsp3) is 0.400. The van der Waals surface area contributed by atoms with Crippen molar-refractivity contribution < 1.29 is 52.9 Å². The van der Waals surface area contributed by atoms with Gasteiger partial charge in [-0.2, -0.15) is 0 Å². The molecule has 5 rings (SSSR count). The Morgan fingerprint density at radius 2 is 1.75 bits per heavy atom. The van der Waals surface area contributed by atoms with Gasteiger partial charge in [0.05, 0.1) is 18.0 Å². The molecular weight excluding hydrogens is 673 g/mol. The molecule has 1 unspecified atom stereocenters. The number of nitrogens with one attached hydrogen (secondary N) is 1. The number of carbonyl (C=O) groups excluding carboxylic acids is 2. The molecular formula is C30H35FN4O11P2. The number of nitrogens with zero attached hydrogens (tertiary/aromatic N) is 3. The zero-order chi connectivity index (χ0) is 34.9. The molecule has 2 fully saturated rings. The minimum atomic E-state index is -2.55. The lowest BCUT2D eigenvalue weighted by Crippen LogP contribution is -2.54. The first kappa shape index (κ1) is 35.4. The summed E-state index contributed by atoms with van der Waals surface area (Å²) in [4.78, 5) is 90.8. The maximum absolute atomic E-state index is 15.7. The summed E-state index contributed by atoms with van der Waals surface area (Å²) in [7, 11) is -3.74. The second-order valence-electron chi connectivity index (χ2n) is 11.6. The van der Waals surface area contributed by atoms with E-state index in [0.29, 0.717) is 16.8 Å². The van der Waals surface area contributed by atoms with Crippen molar-refractivity contribution in [2.75, 3.05) is 43.6 Å². The third kappa shape index (κ3) is 7.54. The summed E-state index contributed by atoms with van der Waals surface area (Å²) in [6, 6.07) is 6.74. The Balaban J connectivity index is 1.23. The van der Waals surface area contributed by atoms with Crippen LogP contribution in [0.15, 0.2) is 41.3 Å². The summed E-state index contributed by atoms with van der Waals surface area (Å²) >= 11 is 0. The van der Waals surface area contributed by atoms with Crippen LogP contribution in [0.2, 0.25) is 0 Å². The Morgan fingerprint density at radius 1 is 1.08 bits per heavy atom. The summed E-state index contributed by atoms with van der Waals surface area (Å²) in [5.74, 6) is -2.69. The third-order valence-electron chi connectivity index (χ3n) is 8.27. The number of rotatable bonds is 11. The Bertz CT molecular complexity index is 1760. The first-order chi connectivity index (χ1) is 22.8. The number of fused-ring (bicyclic) bond motifs is 1. The number of methoxy groups -OCH3 is 1. The van der Waals surface area contributed by atoms with Crippen LogP contribution in [-0.4, -0.2) is 96.9 Å². The van der Waals surface area contributed by atoms with E-state index < -0.39 is 69.6 Å². The third-order valence-corrected chi connectivity index (χ3v) is 10.9. The van der Waals surface area contributed by atoms with Gasteiger partial charge in [-0.3, -0.25) is 9.59 Å². The molecule has 2 aliphatic rings. The van der Waals surface area contributed by atoms with Crippen molar-refractivity contribution in [3.05, 3.63) is 63.7 Å². The maximum atomic E-state index is 15.7. The van der Waals surface area contributed by atoms with Crippen molar-refractivity contribution >= 4 is 57.0 Å². The van der Waals surface area contributed by atoms with Gasteiger partial charge in [-0.1, -0.05) is 12.1 Å². The van der Waals surface area contributed by atoms with Crippen LogP contribution in [0.1, 0.15) is 41.7 Å². The molecule has 3 aromatic rings. The number of halogens is 1. The van der Waals surface area contributed by atoms with Gasteiger partial charge in [0, 0.05) is 43.6 Å². The number of hydrogen-bond donors (Lipinski definition) is 6. The topological polar surface area (TPSA) is 211 Å². The van der Waals surface area contributed by atoms with Crippen LogP contribution in [-0.2, 0) is 16.0 Å². The predicted molar refractivity (Wildman–Crippen MR) is 175 cm³/mol. The van der Waals surface area contributed by atoms with Crippen LogP contribution < -0.4 is 20.4 Å². The molecule has 2 amide bonds. The number of carbonyl (C=O) groups is 3. The van der Waals surface area contributed by atoms with E-state index >= 15 is 4.39 Å². The number of aromatic nitrogens is 1. The van der Waals surface area contributed by atoms with Crippen molar-refractivity contribution in [2.24, 2.45) is 0 Å². The van der Waals surface area contributed by atoms with E-state index in [1.807, 2.05) is 0 Å². The molecule has 6 N–H and O–H groups in total. The molecule has 48 heavy (non-hydrogen) atoms. The molecule has 1 atom stereocenters. The van der Waals surface area contributed by atoms with Gasteiger partial charge < -0.3 is 53.8 Å². The predicted octanol–water partition coefficient (Wildman–Crippen LogP) is 2.93. The van der Waals surface area contributed by atoms with Gasteiger partial charge in [0.25, 0.3) is 5.91 Å². The Labute approximate surface area is 275 Å². The normalized spacial score (nSPS) is 16.6. The summed E-state index contributed by atoms with van der Waals surface area (Å²) in [6.45, 7) is 1.60. The number of pyridine rings is 1. The Hall–Kier alpha value is -3.91. The SMILES string of the molecule is COc1c(N2CCN(C(=O)OCC(=O)Nc3ccc(CC(P(O)O)P(O)O)cc3)C(C)C2)c(F)cc2c(=O)c(C(=O)O)cn(C3CC3)c12. The van der Waals surface area contributed by atoms with Crippen LogP contribution in [0.4, 0.5) is 20.6 Å². The number of anilines is 2. The van der Waals surface area contributed by atoms with E-state index in [-0.39, 0.29) is 48.9 Å². The largest absolute Gasteiger partial charge is 0.492 e. The fourth-order valence-corrected chi connectivity index (χ4v) is 7.24. The van der Waals surface area contributed by atoms with Crippen molar-refractivity contribution in [1.82, 2.24) is 9.47 Å². The van der Waals surface area contributed by atoms with Crippen LogP contribution in [0.3, 0.4) is 0 Å². The van der Waals surface area contributed by atoms with Gasteiger partial charge in [0.15, 0.2) is 34.9 Å². The van der Waals surface area contributed by atoms with Crippen molar-refractivity contribution in [2.45, 2.75) is 43.7 Å². The minimum absolute atomic E-state index is 0.0180. The van der Waals surface area contributed by atoms with E-state index in [1.165, 1.54) is 30.3 Å². The smallest absolute Gasteiger partial charge is 0.410 e. The lowest BCUT2D eigenvalue weighted by molar-refractivity contribution is -0.119. The molecule has 0 spiro atoms. The highest BCUT2D eigenvalue weighted by Crippen LogP contribution is 2.50. The van der Waals surface area contributed by atoms with Gasteiger partial charge in [0.2, 0.25) is 5.43 Å². The number of amides is 2. The highest BCUT2D eigenvalue weighted by molar-refractivity contribution is 7.64. The molecule has 1 aliphatic heterocycles. The van der Waals surface area contributed by atoms with Gasteiger partial charge in [0.1, 0.15) is 16.7 Å². The zero-order valence-corrected chi connectivity index (χ0v) is 27.7. The number of hydrogen-bond acceptors (Lipinski definition) is 11. The van der Waals surface area contributed by atoms with E-state index in [0.717, 1.165) is 18.9 Å². The van der Waals surface area contributed by atoms with Gasteiger partial charge in [-0.05, 0) is 49.9 Å². The van der Waals surface area contributed by atoms with E-state index in [4.69, 9.17) is 9.47 Å². The molecule has 18 heteroatoms. The van der Waals surface area contributed by atoms with E-state index in [1.54, 1.807) is 28.5 Å². The van der Waals surface area contributed by atoms with Gasteiger partial charge >= 0.3 is 12.1 Å². The summed E-state index contributed by atoms with van der Waals surface area (Å²) < 4.78 is 28.3. The molecule has 15 nitrogen and oxygen atoms in total.